The number of phenolic OH excluding ortho intramolecular Hbond substituents is 1. The average Bonchev–Trinajstić information content (AvgIpc) is 3.72. The number of aryl methyl sites for hydroxylation is 3. The molecule has 1 aliphatic rings. The topological polar surface area (TPSA) is 78.9 Å². The maximum Gasteiger partial charge on any atom is 0.247 e. The van der Waals surface area contributed by atoms with Crippen LogP contribution in [-0.4, -0.2) is 35.0 Å². The van der Waals surface area contributed by atoms with Crippen LogP contribution in [0.4, 0.5) is 0 Å². The Kier molecular flexibility index (Phi) is 7.93. The number of ether oxygens (including phenoxy) is 1. The minimum Gasteiger partial charge on any atom is -0.508 e. The van der Waals surface area contributed by atoms with E-state index in [0.29, 0.717) is 25.1 Å². The second-order valence-corrected chi connectivity index (χ2v) is 9.51. The van der Waals surface area contributed by atoms with Crippen LogP contribution in [0.1, 0.15) is 53.1 Å². The molecule has 1 unspecified atom stereocenters. The summed E-state index contributed by atoms with van der Waals surface area (Å²) in [5.41, 5.74) is 5.14. The van der Waals surface area contributed by atoms with Crippen molar-refractivity contribution in [1.82, 2.24) is 10.2 Å². The second kappa shape index (κ2) is 11.3. The van der Waals surface area contributed by atoms with Crippen molar-refractivity contribution in [2.45, 2.75) is 58.2 Å². The van der Waals surface area contributed by atoms with Crippen LogP contribution < -0.4 is 10.1 Å². The highest BCUT2D eigenvalue weighted by Gasteiger charge is 2.41. The van der Waals surface area contributed by atoms with Gasteiger partial charge in [-0.25, -0.2) is 0 Å². The quantitative estimate of drug-likeness (QED) is 0.423. The van der Waals surface area contributed by atoms with E-state index in [4.69, 9.17) is 4.74 Å². The van der Waals surface area contributed by atoms with Crippen molar-refractivity contribution in [2.75, 3.05) is 7.11 Å². The van der Waals surface area contributed by atoms with E-state index in [1.54, 1.807) is 24.1 Å². The van der Waals surface area contributed by atoms with Crippen LogP contribution in [-0.2, 0) is 22.6 Å². The number of benzene rings is 3. The van der Waals surface area contributed by atoms with Gasteiger partial charge in [-0.15, -0.1) is 0 Å². The Morgan fingerprint density at radius 1 is 0.972 bits per heavy atom. The maximum absolute atomic E-state index is 13.6. The Hall–Kier alpha value is -3.80. The van der Waals surface area contributed by atoms with Crippen molar-refractivity contribution < 1.29 is 19.4 Å². The van der Waals surface area contributed by atoms with Gasteiger partial charge in [0.25, 0.3) is 0 Å². The van der Waals surface area contributed by atoms with E-state index in [9.17, 15) is 14.7 Å². The number of hydrogen-bond acceptors (Lipinski definition) is 4. The van der Waals surface area contributed by atoms with E-state index >= 15 is 0 Å². The monoisotopic (exact) mass is 486 g/mol. The number of phenols is 1. The lowest BCUT2D eigenvalue weighted by Gasteiger charge is -2.32. The van der Waals surface area contributed by atoms with Gasteiger partial charge in [0.05, 0.1) is 7.11 Å². The van der Waals surface area contributed by atoms with Crippen LogP contribution in [0.25, 0.3) is 0 Å². The molecule has 36 heavy (non-hydrogen) atoms. The van der Waals surface area contributed by atoms with Gasteiger partial charge in [-0.2, -0.15) is 0 Å². The lowest BCUT2D eigenvalue weighted by Crippen LogP contribution is -2.45. The summed E-state index contributed by atoms with van der Waals surface area (Å²) in [6, 6.07) is 19.8. The first-order valence-electron chi connectivity index (χ1n) is 12.4. The van der Waals surface area contributed by atoms with Gasteiger partial charge in [0.15, 0.2) is 0 Å². The molecule has 1 aliphatic carbocycles. The van der Waals surface area contributed by atoms with Crippen LogP contribution in [0.2, 0.25) is 0 Å². The highest BCUT2D eigenvalue weighted by Crippen LogP contribution is 2.36. The van der Waals surface area contributed by atoms with Gasteiger partial charge >= 0.3 is 0 Å². The van der Waals surface area contributed by atoms with Crippen LogP contribution in [0.3, 0.4) is 0 Å². The van der Waals surface area contributed by atoms with Gasteiger partial charge in [0.1, 0.15) is 17.5 Å². The van der Waals surface area contributed by atoms with E-state index in [2.05, 4.69) is 31.3 Å². The second-order valence-electron chi connectivity index (χ2n) is 9.51. The van der Waals surface area contributed by atoms with E-state index in [1.807, 2.05) is 42.5 Å². The zero-order valence-corrected chi connectivity index (χ0v) is 21.2. The number of amides is 2. The van der Waals surface area contributed by atoms with Gasteiger partial charge in [0, 0.05) is 19.0 Å². The van der Waals surface area contributed by atoms with Gasteiger partial charge in [-0.05, 0) is 85.2 Å². The predicted octanol–water partition coefficient (Wildman–Crippen LogP) is 5.00. The average molecular weight is 487 g/mol. The highest BCUT2D eigenvalue weighted by molar-refractivity contribution is 5.89. The summed E-state index contributed by atoms with van der Waals surface area (Å²) < 4.78 is 5.30. The van der Waals surface area contributed by atoms with Gasteiger partial charge < -0.3 is 20.1 Å². The van der Waals surface area contributed by atoms with Crippen LogP contribution >= 0.6 is 0 Å². The number of hydrogen-bond donors (Lipinski definition) is 2. The number of rotatable bonds is 10. The maximum atomic E-state index is 13.6. The Morgan fingerprint density at radius 3 is 2.25 bits per heavy atom. The lowest BCUT2D eigenvalue weighted by atomic mass is 10.0. The zero-order chi connectivity index (χ0) is 25.7. The summed E-state index contributed by atoms with van der Waals surface area (Å²) >= 11 is 0. The highest BCUT2D eigenvalue weighted by atomic mass is 16.5. The van der Waals surface area contributed by atoms with Crippen molar-refractivity contribution in [1.29, 1.82) is 0 Å². The number of methoxy groups -OCH3 is 1. The Balaban J connectivity index is 1.56. The minimum atomic E-state index is -0.720. The molecule has 1 fully saturated rings. The molecule has 0 heterocycles. The summed E-state index contributed by atoms with van der Waals surface area (Å²) in [5.74, 6) is 0.658. The summed E-state index contributed by atoms with van der Waals surface area (Å²) in [6.07, 6.45) is 2.62. The molecular weight excluding hydrogens is 452 g/mol. The van der Waals surface area contributed by atoms with E-state index in [0.717, 1.165) is 29.5 Å². The van der Waals surface area contributed by atoms with Crippen LogP contribution in [0.5, 0.6) is 11.5 Å². The fourth-order valence-corrected chi connectivity index (χ4v) is 4.38. The summed E-state index contributed by atoms with van der Waals surface area (Å²) in [5, 5.41) is 12.6. The molecule has 0 bridgehead atoms. The summed E-state index contributed by atoms with van der Waals surface area (Å²) in [4.78, 5) is 29.0. The summed E-state index contributed by atoms with van der Waals surface area (Å²) in [6.45, 7) is 4.52. The summed E-state index contributed by atoms with van der Waals surface area (Å²) in [7, 11) is 1.60. The molecule has 0 radical (unpaired) electrons. The molecule has 0 spiro atoms. The fourth-order valence-electron chi connectivity index (χ4n) is 4.38. The largest absolute Gasteiger partial charge is 0.508 e. The normalized spacial score (nSPS) is 13.6. The first kappa shape index (κ1) is 25.3. The van der Waals surface area contributed by atoms with E-state index < -0.39 is 6.04 Å². The fraction of sp³-hybridized carbons (Fsp3) is 0.333. The third-order valence-corrected chi connectivity index (χ3v) is 6.79. The van der Waals surface area contributed by atoms with Gasteiger partial charge in [-0.1, -0.05) is 42.5 Å². The number of nitrogens with one attached hydrogen (secondary N) is 1. The third kappa shape index (κ3) is 6.25. The van der Waals surface area contributed by atoms with Crippen molar-refractivity contribution in [3.63, 3.8) is 0 Å². The number of aromatic hydroxyl groups is 1. The third-order valence-electron chi connectivity index (χ3n) is 6.79. The molecule has 3 aromatic rings. The van der Waals surface area contributed by atoms with Crippen LogP contribution in [0.15, 0.2) is 66.7 Å². The molecule has 0 aromatic heterocycles. The molecule has 2 amide bonds. The number of carbonyl (C=O) groups is 2. The Morgan fingerprint density at radius 2 is 1.64 bits per heavy atom. The van der Waals surface area contributed by atoms with E-state index in [-0.39, 0.29) is 23.6 Å². The molecule has 1 atom stereocenters. The Bertz CT molecular complexity index is 1200. The first-order chi connectivity index (χ1) is 17.4. The van der Waals surface area contributed by atoms with Crippen molar-refractivity contribution in [3.05, 3.63) is 94.5 Å². The molecule has 0 aliphatic heterocycles. The Labute approximate surface area is 212 Å². The van der Waals surface area contributed by atoms with Gasteiger partial charge in [0.2, 0.25) is 11.8 Å². The van der Waals surface area contributed by atoms with Gasteiger partial charge in [-0.3, -0.25) is 9.59 Å². The van der Waals surface area contributed by atoms with Crippen LogP contribution in [0, 0.1) is 13.8 Å². The number of nitrogens with zero attached hydrogens (tertiary/aromatic N) is 1. The minimum absolute atomic E-state index is 0.0484. The van der Waals surface area contributed by atoms with Crippen molar-refractivity contribution >= 4 is 11.8 Å². The van der Waals surface area contributed by atoms with Crippen molar-refractivity contribution in [2.24, 2.45) is 0 Å². The molecule has 0 saturated heterocycles. The van der Waals surface area contributed by atoms with Crippen molar-refractivity contribution in [3.8, 4) is 11.5 Å². The molecule has 1 saturated carbocycles. The standard InChI is InChI=1S/C30H34N2O4/c1-20-4-5-23(18-21(20)2)19-31-30(35)29(24-9-15-27(36-3)16-10-24)32(25-11-12-25)28(34)17-8-22-6-13-26(33)14-7-22/h4-7,9-10,13-16,18,25,29,33H,8,11-12,17,19H2,1-3H3,(H,31,35). The molecule has 6 nitrogen and oxygen atoms in total. The molecule has 188 valence electrons. The zero-order valence-electron chi connectivity index (χ0n) is 21.2. The SMILES string of the molecule is COc1ccc(C(C(=O)NCc2ccc(C)c(C)c2)N(C(=O)CCc2ccc(O)cc2)C2CC2)cc1. The first-order valence-corrected chi connectivity index (χ1v) is 12.4. The van der Waals surface area contributed by atoms with E-state index in [1.165, 1.54) is 11.1 Å². The molecule has 6 heteroatoms. The number of carbonyl (C=O) groups excluding carboxylic acids is 2. The smallest absolute Gasteiger partial charge is 0.247 e. The molecular formula is C30H34N2O4. The molecule has 4 rings (SSSR count). The molecule has 3 aromatic carbocycles. The lowest BCUT2D eigenvalue weighted by molar-refractivity contribution is -0.141. The molecule has 2 N–H and O–H groups in total. The predicted molar refractivity (Wildman–Crippen MR) is 140 cm³/mol.